The van der Waals surface area contributed by atoms with Crippen molar-refractivity contribution in [1.29, 1.82) is 0 Å². The summed E-state index contributed by atoms with van der Waals surface area (Å²) >= 11 is 6.00. The van der Waals surface area contributed by atoms with Crippen LogP contribution in [0.3, 0.4) is 0 Å². The summed E-state index contributed by atoms with van der Waals surface area (Å²) in [6, 6.07) is 12.6. The standard InChI is InChI=1S/C15H13ClO3/c1-10-13(16)7-12(15(17)18)8-14(10)19-9-11-5-3-2-4-6-11/h2-8H,9H2,1H3,(H,17,18). The average molecular weight is 277 g/mol. The summed E-state index contributed by atoms with van der Waals surface area (Å²) in [5, 5.41) is 9.39. The second-order valence-electron chi connectivity index (χ2n) is 4.16. The molecule has 0 atom stereocenters. The molecule has 0 aliphatic heterocycles. The van der Waals surface area contributed by atoms with E-state index in [4.69, 9.17) is 21.4 Å². The second-order valence-corrected chi connectivity index (χ2v) is 4.57. The summed E-state index contributed by atoms with van der Waals surface area (Å²) in [4.78, 5) is 11.0. The molecule has 3 nitrogen and oxygen atoms in total. The highest BCUT2D eigenvalue weighted by Crippen LogP contribution is 2.28. The van der Waals surface area contributed by atoms with Crippen LogP contribution < -0.4 is 4.74 Å². The Morgan fingerprint density at radius 2 is 1.95 bits per heavy atom. The zero-order valence-corrected chi connectivity index (χ0v) is 11.1. The molecule has 0 bridgehead atoms. The normalized spacial score (nSPS) is 10.2. The smallest absolute Gasteiger partial charge is 0.335 e. The lowest BCUT2D eigenvalue weighted by Gasteiger charge is -2.11. The molecule has 0 amide bonds. The van der Waals surface area contributed by atoms with Crippen LogP contribution in [0.4, 0.5) is 0 Å². The number of carbonyl (C=O) groups is 1. The lowest BCUT2D eigenvalue weighted by atomic mass is 10.1. The fourth-order valence-corrected chi connectivity index (χ4v) is 1.87. The maximum Gasteiger partial charge on any atom is 0.335 e. The Kier molecular flexibility index (Phi) is 4.07. The number of rotatable bonds is 4. The third kappa shape index (κ3) is 3.26. The summed E-state index contributed by atoms with van der Waals surface area (Å²) in [6.07, 6.45) is 0. The fourth-order valence-electron chi connectivity index (χ4n) is 1.66. The molecular weight excluding hydrogens is 264 g/mol. The summed E-state index contributed by atoms with van der Waals surface area (Å²) in [5.74, 6) is -0.528. The van der Waals surface area contributed by atoms with Crippen molar-refractivity contribution in [2.24, 2.45) is 0 Å². The van der Waals surface area contributed by atoms with E-state index in [1.165, 1.54) is 12.1 Å². The lowest BCUT2D eigenvalue weighted by molar-refractivity contribution is 0.0696. The molecule has 0 unspecified atom stereocenters. The molecule has 0 saturated carbocycles. The van der Waals surface area contributed by atoms with E-state index in [0.717, 1.165) is 11.1 Å². The van der Waals surface area contributed by atoms with Gasteiger partial charge in [0.25, 0.3) is 0 Å². The van der Waals surface area contributed by atoms with Gasteiger partial charge in [-0.05, 0) is 24.6 Å². The molecule has 0 aliphatic carbocycles. The molecule has 98 valence electrons. The third-order valence-electron chi connectivity index (χ3n) is 2.78. The van der Waals surface area contributed by atoms with E-state index >= 15 is 0 Å². The minimum absolute atomic E-state index is 0.124. The Labute approximate surface area is 116 Å². The first-order chi connectivity index (χ1) is 9.08. The van der Waals surface area contributed by atoms with Crippen LogP contribution in [0, 0.1) is 6.92 Å². The molecule has 0 radical (unpaired) electrons. The van der Waals surface area contributed by atoms with E-state index in [2.05, 4.69) is 0 Å². The number of ether oxygens (including phenoxy) is 1. The molecule has 2 aromatic carbocycles. The topological polar surface area (TPSA) is 46.5 Å². The quantitative estimate of drug-likeness (QED) is 0.920. The Hall–Kier alpha value is -2.00. The van der Waals surface area contributed by atoms with Gasteiger partial charge < -0.3 is 9.84 Å². The van der Waals surface area contributed by atoms with E-state index in [-0.39, 0.29) is 5.56 Å². The lowest BCUT2D eigenvalue weighted by Crippen LogP contribution is -2.01. The second kappa shape index (κ2) is 5.76. The van der Waals surface area contributed by atoms with Gasteiger partial charge in [0.15, 0.2) is 0 Å². The maximum atomic E-state index is 11.0. The van der Waals surface area contributed by atoms with Gasteiger partial charge in [0.05, 0.1) is 5.56 Å². The average Bonchev–Trinajstić information content (AvgIpc) is 2.41. The molecular formula is C15H13ClO3. The van der Waals surface area contributed by atoms with Crippen molar-refractivity contribution in [3.8, 4) is 5.75 Å². The number of benzene rings is 2. The van der Waals surface area contributed by atoms with Crippen LogP contribution in [0.2, 0.25) is 5.02 Å². The first-order valence-electron chi connectivity index (χ1n) is 5.78. The SMILES string of the molecule is Cc1c(Cl)cc(C(=O)O)cc1OCc1ccccc1. The molecule has 0 heterocycles. The molecule has 2 aromatic rings. The van der Waals surface area contributed by atoms with E-state index in [0.29, 0.717) is 17.4 Å². The monoisotopic (exact) mass is 276 g/mol. The first kappa shape index (κ1) is 13.4. The van der Waals surface area contributed by atoms with Gasteiger partial charge in [0.1, 0.15) is 12.4 Å². The fraction of sp³-hybridized carbons (Fsp3) is 0.133. The van der Waals surface area contributed by atoms with Crippen LogP contribution in [0.1, 0.15) is 21.5 Å². The van der Waals surface area contributed by atoms with Gasteiger partial charge in [-0.2, -0.15) is 0 Å². The first-order valence-corrected chi connectivity index (χ1v) is 6.16. The zero-order chi connectivity index (χ0) is 13.8. The molecule has 2 rings (SSSR count). The van der Waals surface area contributed by atoms with Gasteiger partial charge in [0, 0.05) is 10.6 Å². The summed E-state index contributed by atoms with van der Waals surface area (Å²) in [7, 11) is 0. The summed E-state index contributed by atoms with van der Waals surface area (Å²) in [5.41, 5.74) is 1.88. The number of aromatic carboxylic acids is 1. The van der Waals surface area contributed by atoms with Crippen LogP contribution in [0.5, 0.6) is 5.75 Å². The van der Waals surface area contributed by atoms with Crippen LogP contribution in [-0.4, -0.2) is 11.1 Å². The highest BCUT2D eigenvalue weighted by atomic mass is 35.5. The van der Waals surface area contributed by atoms with Crippen LogP contribution >= 0.6 is 11.6 Å². The zero-order valence-electron chi connectivity index (χ0n) is 10.4. The highest BCUT2D eigenvalue weighted by Gasteiger charge is 2.11. The Morgan fingerprint density at radius 1 is 1.26 bits per heavy atom. The molecule has 0 aromatic heterocycles. The summed E-state index contributed by atoms with van der Waals surface area (Å²) < 4.78 is 5.65. The molecule has 0 spiro atoms. The predicted molar refractivity (Wildman–Crippen MR) is 73.9 cm³/mol. The number of carboxylic acid groups (broad SMARTS) is 1. The minimum Gasteiger partial charge on any atom is -0.489 e. The van der Waals surface area contributed by atoms with Crippen LogP contribution in [0.15, 0.2) is 42.5 Å². The van der Waals surface area contributed by atoms with Gasteiger partial charge in [-0.25, -0.2) is 4.79 Å². The van der Waals surface area contributed by atoms with Crippen molar-refractivity contribution in [1.82, 2.24) is 0 Å². The predicted octanol–water partition coefficient (Wildman–Crippen LogP) is 3.93. The van der Waals surface area contributed by atoms with E-state index in [9.17, 15) is 4.79 Å². The highest BCUT2D eigenvalue weighted by molar-refractivity contribution is 6.31. The van der Waals surface area contributed by atoms with Crippen LogP contribution in [0.25, 0.3) is 0 Å². The van der Waals surface area contributed by atoms with Crippen molar-refractivity contribution in [2.45, 2.75) is 13.5 Å². The molecule has 4 heteroatoms. The largest absolute Gasteiger partial charge is 0.489 e. The Bertz CT molecular complexity index is 594. The molecule has 1 N–H and O–H groups in total. The number of carboxylic acids is 1. The van der Waals surface area contributed by atoms with E-state index in [1.54, 1.807) is 6.92 Å². The summed E-state index contributed by atoms with van der Waals surface area (Å²) in [6.45, 7) is 2.18. The molecule has 19 heavy (non-hydrogen) atoms. The van der Waals surface area contributed by atoms with Crippen molar-refractivity contribution < 1.29 is 14.6 Å². The van der Waals surface area contributed by atoms with Gasteiger partial charge >= 0.3 is 5.97 Å². The molecule has 0 saturated heterocycles. The van der Waals surface area contributed by atoms with E-state index < -0.39 is 5.97 Å². The molecule has 0 aliphatic rings. The van der Waals surface area contributed by atoms with Crippen molar-refractivity contribution in [3.63, 3.8) is 0 Å². The van der Waals surface area contributed by atoms with Crippen molar-refractivity contribution in [3.05, 3.63) is 64.2 Å². The number of halogens is 1. The van der Waals surface area contributed by atoms with Gasteiger partial charge in [0.2, 0.25) is 0 Å². The maximum absolute atomic E-state index is 11.0. The number of hydrogen-bond donors (Lipinski definition) is 1. The van der Waals surface area contributed by atoms with Gasteiger partial charge in [-0.1, -0.05) is 41.9 Å². The van der Waals surface area contributed by atoms with E-state index in [1.807, 2.05) is 30.3 Å². The Morgan fingerprint density at radius 3 is 2.58 bits per heavy atom. The van der Waals surface area contributed by atoms with Crippen LogP contribution in [-0.2, 0) is 6.61 Å². The minimum atomic E-state index is -1.02. The van der Waals surface area contributed by atoms with Crippen molar-refractivity contribution >= 4 is 17.6 Å². The molecule has 0 fully saturated rings. The number of hydrogen-bond acceptors (Lipinski definition) is 2. The third-order valence-corrected chi connectivity index (χ3v) is 3.17. The van der Waals surface area contributed by atoms with Gasteiger partial charge in [-0.3, -0.25) is 0 Å². The van der Waals surface area contributed by atoms with Crippen molar-refractivity contribution in [2.75, 3.05) is 0 Å². The Balaban J connectivity index is 2.22. The van der Waals surface area contributed by atoms with Gasteiger partial charge in [-0.15, -0.1) is 0 Å².